The van der Waals surface area contributed by atoms with Crippen LogP contribution in [0.4, 0.5) is 9.59 Å². The molecule has 0 saturated carbocycles. The third-order valence-electron chi connectivity index (χ3n) is 15.1. The topological polar surface area (TPSA) is 420 Å². The Balaban J connectivity index is 0.000000472. The van der Waals surface area contributed by atoms with Crippen LogP contribution in [0.15, 0.2) is 117 Å². The van der Waals surface area contributed by atoms with Crippen LogP contribution in [-0.4, -0.2) is 176 Å². The Morgan fingerprint density at radius 1 is 0.622 bits per heavy atom. The first-order valence-electron chi connectivity index (χ1n) is 29.3. The number of allylic oxidation sites excluding steroid dienone is 8. The predicted octanol–water partition coefficient (Wildman–Crippen LogP) is 3.59. The first-order valence-corrected chi connectivity index (χ1v) is 30.8. The highest BCUT2D eigenvalue weighted by atomic mass is 31.2. The van der Waals surface area contributed by atoms with Gasteiger partial charge in [0.1, 0.15) is 12.2 Å². The zero-order valence-corrected chi connectivity index (χ0v) is 54.0. The molecule has 4 rings (SSSR count). The average Bonchev–Trinajstić information content (AvgIpc) is 1.15. The fourth-order valence-electron chi connectivity index (χ4n) is 10.3. The van der Waals surface area contributed by atoms with Gasteiger partial charge < -0.3 is 86.3 Å². The van der Waals surface area contributed by atoms with E-state index in [9.17, 15) is 58.2 Å². The van der Waals surface area contributed by atoms with Gasteiger partial charge in [-0.25, -0.2) is 14.2 Å². The summed E-state index contributed by atoms with van der Waals surface area (Å²) in [4.78, 5) is 121. The number of amides is 4. The quantitative estimate of drug-likeness (QED) is 0.0455. The molecule has 0 saturated heterocycles. The van der Waals surface area contributed by atoms with Crippen LogP contribution >= 0.6 is 7.82 Å². The molecule has 12 atom stereocenters. The standard InChI is InChI=1S/C31H46N3O12P.C31H45N3O9/c1-17-13-21-26(33-11-8-12-45-47(40,41)42)23(35)16-22(28(21)37)34-30(38)18(2)9-7-10-24(43-5)29(46-31(32)39)20(4)15-19(3)27(36)25(14-17)44-6;1-17-13-21-26(33-11-8-12-35)23(36)16-22(28(21)38)34-30(39)18(2)9-7-10-24(41-5)29(43-31(32)40)20(4)15-19(3)27(37)25(14-17)42-6/h7,9-10,15-17,19,24-25,27,29,33,36H,8,11-14H2,1-6H3,(H2,32,39)(H,34,38)(H2,40,41,42);7,9-10,15-17,19,24-25,27,29,33,35,37H,8,11-14H2,1-6H3,(H2,32,40)(H,34,39)/b2*10-7-,18-9+,20-15+/t2*17?,19?,24?,25?,27?,29-/m00/s1. The van der Waals surface area contributed by atoms with E-state index in [1.54, 1.807) is 58.1 Å². The zero-order valence-electron chi connectivity index (χ0n) is 53.1. The van der Waals surface area contributed by atoms with Crippen molar-refractivity contribution in [2.24, 2.45) is 35.1 Å². The number of phosphoric ester groups is 1. The molecule has 13 N–H and O–H groups in total. The van der Waals surface area contributed by atoms with Crippen molar-refractivity contribution in [1.29, 1.82) is 0 Å². The van der Waals surface area contributed by atoms with Crippen molar-refractivity contribution in [3.8, 4) is 0 Å². The summed E-state index contributed by atoms with van der Waals surface area (Å²) in [6.07, 6.45) is 7.12. The van der Waals surface area contributed by atoms with E-state index in [0.717, 1.165) is 12.2 Å². The largest absolute Gasteiger partial charge is 0.469 e. The summed E-state index contributed by atoms with van der Waals surface area (Å²) in [5.41, 5.74) is 12.2. The number of ketones is 4. The van der Waals surface area contributed by atoms with Gasteiger partial charge in [-0.2, -0.15) is 0 Å². The smallest absolute Gasteiger partial charge is 0.439 e. The highest BCUT2D eigenvalue weighted by Crippen LogP contribution is 2.36. The molecule has 0 spiro atoms. The van der Waals surface area contributed by atoms with E-state index in [2.05, 4.69) is 25.8 Å². The molecule has 0 radical (unpaired) electrons. The molecule has 27 nitrogen and oxygen atoms in total. The minimum atomic E-state index is -4.67. The predicted molar refractivity (Wildman–Crippen MR) is 329 cm³/mol. The Bertz CT molecular complexity index is 2970. The van der Waals surface area contributed by atoms with Gasteiger partial charge in [0.05, 0.1) is 53.8 Å². The zero-order chi connectivity index (χ0) is 67.7. The number of ether oxygens (including phenoxy) is 6. The summed E-state index contributed by atoms with van der Waals surface area (Å²) in [7, 11) is 1.09. The Hall–Kier alpha value is -7.01. The maximum absolute atomic E-state index is 13.7. The molecule has 4 amide bonds. The van der Waals surface area contributed by atoms with Gasteiger partial charge in [0.2, 0.25) is 23.1 Å². The molecule has 4 bridgehead atoms. The number of nitrogens with one attached hydrogen (secondary N) is 4. The second-order valence-electron chi connectivity index (χ2n) is 22.5. The van der Waals surface area contributed by atoms with Crippen molar-refractivity contribution in [2.75, 3.05) is 54.7 Å². The van der Waals surface area contributed by atoms with Gasteiger partial charge >= 0.3 is 20.0 Å². The third-order valence-corrected chi connectivity index (χ3v) is 15.6. The van der Waals surface area contributed by atoms with Crippen molar-refractivity contribution in [3.63, 3.8) is 0 Å². The van der Waals surface area contributed by atoms with Gasteiger partial charge in [-0.1, -0.05) is 76.3 Å². The van der Waals surface area contributed by atoms with Crippen molar-refractivity contribution in [1.82, 2.24) is 21.3 Å². The molecule has 0 aromatic heterocycles. The number of carbonyl (C=O) groups is 8. The number of methoxy groups -OCH3 is 4. The molecular formula is C62H91N6O21P. The number of rotatable bonds is 16. The number of aliphatic hydroxyl groups excluding tert-OH is 3. The molecule has 4 aliphatic rings. The van der Waals surface area contributed by atoms with E-state index in [4.69, 9.17) is 49.7 Å². The third kappa shape index (κ3) is 24.0. The van der Waals surface area contributed by atoms with Crippen molar-refractivity contribution in [3.05, 3.63) is 117 Å². The normalized spacial score (nSPS) is 30.6. The molecule has 10 unspecified atom stereocenters. The second kappa shape index (κ2) is 37.4. The molecule has 2 aliphatic heterocycles. The first kappa shape index (κ1) is 77.2. The molecule has 2 aliphatic carbocycles. The number of carbonyl (C=O) groups excluding carboxylic acids is 8. The first-order chi connectivity index (χ1) is 42.3. The number of primary amides is 2. The van der Waals surface area contributed by atoms with Gasteiger partial charge in [-0.15, -0.1) is 0 Å². The Kier molecular flexibility index (Phi) is 32.1. The molecule has 0 fully saturated rings. The summed E-state index contributed by atoms with van der Waals surface area (Å²) in [5.74, 6) is -4.88. The van der Waals surface area contributed by atoms with Gasteiger partial charge in [0, 0.05) is 94.4 Å². The highest BCUT2D eigenvalue weighted by molar-refractivity contribution is 7.46. The van der Waals surface area contributed by atoms with Crippen LogP contribution in [0.1, 0.15) is 93.9 Å². The minimum Gasteiger partial charge on any atom is -0.439 e. The lowest BCUT2D eigenvalue weighted by atomic mass is 9.85. The number of fused-ring (bicyclic) bond motifs is 4. The summed E-state index contributed by atoms with van der Waals surface area (Å²) in [5, 5.41) is 42.6. The van der Waals surface area contributed by atoms with Crippen LogP contribution in [0.2, 0.25) is 0 Å². The fourth-order valence-corrected chi connectivity index (χ4v) is 10.7. The second-order valence-corrected chi connectivity index (χ2v) is 23.7. The van der Waals surface area contributed by atoms with E-state index < -0.39 is 116 Å². The Morgan fingerprint density at radius 3 is 1.33 bits per heavy atom. The lowest BCUT2D eigenvalue weighted by Gasteiger charge is -2.30. The number of Topliss-reactive ketones (excluding diaryl/α,β-unsaturated/α-hetero) is 2. The van der Waals surface area contributed by atoms with Crippen molar-refractivity contribution >= 4 is 55.0 Å². The van der Waals surface area contributed by atoms with Crippen LogP contribution in [-0.2, 0) is 66.3 Å². The van der Waals surface area contributed by atoms with Crippen LogP contribution in [0, 0.1) is 23.7 Å². The summed E-state index contributed by atoms with van der Waals surface area (Å²) >= 11 is 0. The average molecular weight is 1290 g/mol. The minimum absolute atomic E-state index is 0.00957. The van der Waals surface area contributed by atoms with Crippen LogP contribution in [0.3, 0.4) is 0 Å². The van der Waals surface area contributed by atoms with Gasteiger partial charge in [0.15, 0.2) is 12.2 Å². The monoisotopic (exact) mass is 1290 g/mol. The highest BCUT2D eigenvalue weighted by Gasteiger charge is 2.36. The fraction of sp³-hybridized carbons (Fsp3) is 0.548. The SMILES string of the molecule is COC1CC(C)CC2=C(NCCCO)C(=O)C=C(NC(=O)/C(C)=C/C=C\C(OC)[C@@H](OC(N)=O)/C(C)=C/C(C)C1O)C2=O.COC1CC(C)CC2=C(NCCCOP(=O)(O)O)C(=O)C=C(NC(=O)/C(C)=C/C=C\C(OC)[C@@H](OC(N)=O)/C(C)=C/C(C)C1O)C2=O. The number of aliphatic hydroxyl groups is 3. The van der Waals surface area contributed by atoms with E-state index in [-0.39, 0.29) is 109 Å². The summed E-state index contributed by atoms with van der Waals surface area (Å²) in [6, 6.07) is 0. The number of hydrogen-bond donors (Lipinski definition) is 11. The Labute approximate surface area is 525 Å². The molecule has 0 aromatic carbocycles. The van der Waals surface area contributed by atoms with Crippen LogP contribution < -0.4 is 32.7 Å². The van der Waals surface area contributed by atoms with E-state index in [0.29, 0.717) is 24.0 Å². The van der Waals surface area contributed by atoms with Gasteiger partial charge in [-0.05, 0) is 89.2 Å². The number of phosphoric acid groups is 1. The molecular weight excluding hydrogens is 1200 g/mol. The van der Waals surface area contributed by atoms with E-state index in [1.807, 2.05) is 13.8 Å². The van der Waals surface area contributed by atoms with Crippen LogP contribution in [0.25, 0.3) is 0 Å². The maximum atomic E-state index is 13.7. The lowest BCUT2D eigenvalue weighted by molar-refractivity contribution is -0.120. The lowest BCUT2D eigenvalue weighted by Crippen LogP contribution is -2.38. The van der Waals surface area contributed by atoms with Gasteiger partial charge in [0.25, 0.3) is 11.8 Å². The maximum Gasteiger partial charge on any atom is 0.469 e. The van der Waals surface area contributed by atoms with Crippen LogP contribution in [0.5, 0.6) is 0 Å². The van der Waals surface area contributed by atoms with Gasteiger partial charge in [-0.3, -0.25) is 33.3 Å². The molecule has 0 aromatic rings. The van der Waals surface area contributed by atoms with E-state index >= 15 is 0 Å². The van der Waals surface area contributed by atoms with Crippen molar-refractivity contribution < 1.29 is 101 Å². The number of nitrogens with two attached hydrogens (primary N) is 2. The number of hydrogen-bond acceptors (Lipinski definition) is 21. The van der Waals surface area contributed by atoms with E-state index in [1.165, 1.54) is 60.5 Å². The molecule has 2 heterocycles. The molecule has 90 heavy (non-hydrogen) atoms. The Morgan fingerprint density at radius 2 is 1.00 bits per heavy atom. The van der Waals surface area contributed by atoms with Crippen molar-refractivity contribution in [2.45, 2.75) is 143 Å². The summed E-state index contributed by atoms with van der Waals surface area (Å²) < 4.78 is 48.5. The summed E-state index contributed by atoms with van der Waals surface area (Å²) in [6.45, 7) is 13.7. The molecule has 28 heteroatoms. The molecule has 500 valence electrons.